The van der Waals surface area contributed by atoms with Crippen LogP contribution < -0.4 is 0 Å². The van der Waals surface area contributed by atoms with Crippen molar-refractivity contribution in [2.75, 3.05) is 5.75 Å². The number of hydrogen-bond acceptors (Lipinski definition) is 3. The lowest BCUT2D eigenvalue weighted by Gasteiger charge is -2.23. The molecule has 2 nitrogen and oxygen atoms in total. The smallest absolute Gasteiger partial charge is 0.319 e. The predicted octanol–water partition coefficient (Wildman–Crippen LogP) is 4.67. The van der Waals surface area contributed by atoms with E-state index in [-0.39, 0.29) is 17.6 Å². The van der Waals surface area contributed by atoms with Crippen molar-refractivity contribution in [1.29, 1.82) is 0 Å². The van der Waals surface area contributed by atoms with Crippen molar-refractivity contribution in [3.05, 3.63) is 0 Å². The second-order valence-corrected chi connectivity index (χ2v) is 7.17. The van der Waals surface area contributed by atoms with Crippen LogP contribution in [-0.2, 0) is 9.53 Å². The maximum atomic E-state index is 12.7. The molecule has 0 N–H and O–H groups in total. The average Bonchev–Trinajstić information content (AvgIpc) is 2.18. The Bertz CT molecular complexity index is 270. The minimum absolute atomic E-state index is 0.132. The Morgan fingerprint density at radius 2 is 1.84 bits per heavy atom. The summed E-state index contributed by atoms with van der Waals surface area (Å²) >= 11 is 1.43. The van der Waals surface area contributed by atoms with Gasteiger partial charge in [-0.3, -0.25) is 4.79 Å². The molecule has 1 atom stereocenters. The number of ether oxygens (including phenoxy) is 1. The summed E-state index contributed by atoms with van der Waals surface area (Å²) in [5.41, 5.74) is -0.500. The van der Waals surface area contributed by atoms with Gasteiger partial charge in [0.1, 0.15) is 10.9 Å². The highest BCUT2D eigenvalue weighted by molar-refractivity contribution is 8.00. The van der Waals surface area contributed by atoms with E-state index in [9.17, 15) is 13.6 Å². The lowest BCUT2D eigenvalue weighted by Crippen LogP contribution is -2.30. The van der Waals surface area contributed by atoms with Crippen LogP contribution >= 0.6 is 11.8 Å². The molecule has 0 bridgehead atoms. The Hall–Kier alpha value is -0.320. The molecular weight excluding hydrogens is 270 g/mol. The zero-order valence-electron chi connectivity index (χ0n) is 12.6. The fraction of sp³-hybridized carbons (Fsp3) is 0.929. The second-order valence-electron chi connectivity index (χ2n) is 5.86. The Kier molecular flexibility index (Phi) is 7.94. The van der Waals surface area contributed by atoms with Crippen molar-refractivity contribution < 1.29 is 18.3 Å². The first-order valence-electron chi connectivity index (χ1n) is 6.77. The number of esters is 1. The molecule has 1 unspecified atom stereocenters. The first-order chi connectivity index (χ1) is 8.55. The summed E-state index contributed by atoms with van der Waals surface area (Å²) in [4.78, 5) is 11.9. The topological polar surface area (TPSA) is 26.3 Å². The largest absolute Gasteiger partial charge is 0.459 e. The van der Waals surface area contributed by atoms with Crippen molar-refractivity contribution >= 4 is 17.7 Å². The molecule has 0 fully saturated rings. The van der Waals surface area contributed by atoms with Gasteiger partial charge in [0.15, 0.2) is 0 Å². The number of alkyl halides is 2. The van der Waals surface area contributed by atoms with Gasteiger partial charge < -0.3 is 4.74 Å². The minimum atomic E-state index is -2.62. The van der Waals surface area contributed by atoms with Crippen molar-refractivity contribution in [1.82, 2.24) is 0 Å². The van der Waals surface area contributed by atoms with E-state index in [1.165, 1.54) is 11.8 Å². The van der Waals surface area contributed by atoms with E-state index in [4.69, 9.17) is 4.74 Å². The zero-order valence-corrected chi connectivity index (χ0v) is 13.4. The molecule has 0 aliphatic heterocycles. The van der Waals surface area contributed by atoms with Crippen LogP contribution in [0.1, 0.15) is 60.3 Å². The first kappa shape index (κ1) is 18.7. The van der Waals surface area contributed by atoms with Gasteiger partial charge >= 0.3 is 5.97 Å². The van der Waals surface area contributed by atoms with E-state index in [0.717, 1.165) is 19.8 Å². The third-order valence-electron chi connectivity index (χ3n) is 2.30. The van der Waals surface area contributed by atoms with E-state index in [2.05, 4.69) is 0 Å². The number of halogens is 2. The molecule has 0 rings (SSSR count). The fourth-order valence-electron chi connectivity index (χ4n) is 1.51. The van der Waals surface area contributed by atoms with Gasteiger partial charge in [-0.1, -0.05) is 13.3 Å². The van der Waals surface area contributed by atoms with Crippen LogP contribution in [0.5, 0.6) is 0 Å². The van der Waals surface area contributed by atoms with Crippen LogP contribution in [0.4, 0.5) is 8.78 Å². The molecule has 0 aliphatic rings. The van der Waals surface area contributed by atoms with Gasteiger partial charge in [0.25, 0.3) is 0 Å². The molecule has 19 heavy (non-hydrogen) atoms. The minimum Gasteiger partial charge on any atom is -0.459 e. The van der Waals surface area contributed by atoms with Crippen LogP contribution in [-0.4, -0.2) is 28.5 Å². The third-order valence-corrected chi connectivity index (χ3v) is 3.65. The van der Waals surface area contributed by atoms with E-state index >= 15 is 0 Å². The molecule has 0 amide bonds. The van der Waals surface area contributed by atoms with Crippen molar-refractivity contribution in [2.24, 2.45) is 0 Å². The van der Waals surface area contributed by atoms with E-state index < -0.39 is 11.5 Å². The average molecular weight is 296 g/mol. The first-order valence-corrected chi connectivity index (χ1v) is 7.82. The molecule has 0 spiro atoms. The monoisotopic (exact) mass is 296 g/mol. The third kappa shape index (κ3) is 11.2. The maximum Gasteiger partial charge on any atom is 0.319 e. The standard InChI is InChI=1S/C14H26F2O2S/c1-6-8-11(12(17)18-13(2,3)4)19-10-7-9-14(5,15)16/h11H,6-10H2,1-5H3. The summed E-state index contributed by atoms with van der Waals surface area (Å²) in [6, 6.07) is 0. The number of carbonyl (C=O) groups is 1. The molecule has 0 heterocycles. The van der Waals surface area contributed by atoms with Gasteiger partial charge in [-0.25, -0.2) is 8.78 Å². The Balaban J connectivity index is 4.15. The van der Waals surface area contributed by atoms with Gasteiger partial charge in [0.05, 0.1) is 0 Å². The maximum absolute atomic E-state index is 12.7. The summed E-state index contributed by atoms with van der Waals surface area (Å²) in [5.74, 6) is -2.29. The van der Waals surface area contributed by atoms with Crippen molar-refractivity contribution in [2.45, 2.75) is 77.1 Å². The predicted molar refractivity (Wildman–Crippen MR) is 76.9 cm³/mol. The zero-order chi connectivity index (χ0) is 15.1. The van der Waals surface area contributed by atoms with E-state index in [1.807, 2.05) is 27.7 Å². The van der Waals surface area contributed by atoms with E-state index in [1.54, 1.807) is 0 Å². The van der Waals surface area contributed by atoms with Crippen molar-refractivity contribution in [3.63, 3.8) is 0 Å². The quantitative estimate of drug-likeness (QED) is 0.481. The van der Waals surface area contributed by atoms with Crippen LogP contribution in [0.2, 0.25) is 0 Å². The number of carbonyl (C=O) groups excluding carboxylic acids is 1. The lowest BCUT2D eigenvalue weighted by molar-refractivity contribution is -0.154. The highest BCUT2D eigenvalue weighted by atomic mass is 32.2. The van der Waals surface area contributed by atoms with E-state index in [0.29, 0.717) is 12.2 Å². The molecule has 0 radical (unpaired) electrons. The fourth-order valence-corrected chi connectivity index (χ4v) is 2.69. The lowest BCUT2D eigenvalue weighted by atomic mass is 10.2. The van der Waals surface area contributed by atoms with Gasteiger partial charge in [-0.2, -0.15) is 0 Å². The summed E-state index contributed by atoms with van der Waals surface area (Å²) in [5, 5.41) is -0.241. The number of hydrogen-bond donors (Lipinski definition) is 0. The van der Waals surface area contributed by atoms with Crippen LogP contribution in [0.3, 0.4) is 0 Å². The summed E-state index contributed by atoms with van der Waals surface area (Å²) in [6.45, 7) is 8.41. The summed E-state index contributed by atoms with van der Waals surface area (Å²) in [7, 11) is 0. The number of thioether (sulfide) groups is 1. The molecule has 5 heteroatoms. The SMILES string of the molecule is CCCC(SCCCC(C)(F)F)C(=O)OC(C)(C)C. The van der Waals surface area contributed by atoms with Gasteiger partial charge in [-0.15, -0.1) is 11.8 Å². The summed E-state index contributed by atoms with van der Waals surface area (Å²) < 4.78 is 30.7. The number of rotatable bonds is 8. The van der Waals surface area contributed by atoms with Gasteiger partial charge in [-0.05, 0) is 46.3 Å². The molecule has 0 aromatic rings. The molecule has 0 saturated heterocycles. The second kappa shape index (κ2) is 8.08. The van der Waals surface area contributed by atoms with Crippen LogP contribution in [0.15, 0.2) is 0 Å². The Morgan fingerprint density at radius 1 is 1.26 bits per heavy atom. The Morgan fingerprint density at radius 3 is 2.26 bits per heavy atom. The molecule has 0 saturated carbocycles. The molecule has 114 valence electrons. The summed E-state index contributed by atoms with van der Waals surface area (Å²) in [6.07, 6.45) is 1.88. The molecule has 0 aliphatic carbocycles. The van der Waals surface area contributed by atoms with Gasteiger partial charge in [0.2, 0.25) is 5.92 Å². The molecular formula is C14H26F2O2S. The normalized spacial score (nSPS) is 14.3. The molecule has 0 aromatic carbocycles. The van der Waals surface area contributed by atoms with Crippen LogP contribution in [0, 0.1) is 0 Å². The Labute approximate surface area is 119 Å². The van der Waals surface area contributed by atoms with Crippen molar-refractivity contribution in [3.8, 4) is 0 Å². The van der Waals surface area contributed by atoms with Crippen LogP contribution in [0.25, 0.3) is 0 Å². The highest BCUT2D eigenvalue weighted by Crippen LogP contribution is 2.25. The molecule has 0 aromatic heterocycles. The highest BCUT2D eigenvalue weighted by Gasteiger charge is 2.25. The van der Waals surface area contributed by atoms with Gasteiger partial charge in [0, 0.05) is 6.42 Å².